The Kier molecular flexibility index (Phi) is 1.52. The van der Waals surface area contributed by atoms with Crippen molar-refractivity contribution in [3.05, 3.63) is 10.7 Å². The number of amidine groups is 1. The third kappa shape index (κ3) is 0.985. The summed E-state index contributed by atoms with van der Waals surface area (Å²) in [6.07, 6.45) is 4.33. The van der Waals surface area contributed by atoms with Crippen LogP contribution in [0.4, 0.5) is 0 Å². The zero-order valence-electron chi connectivity index (χ0n) is 5.60. The van der Waals surface area contributed by atoms with Crippen molar-refractivity contribution in [2.75, 3.05) is 6.54 Å². The molecule has 0 aromatic heterocycles. The van der Waals surface area contributed by atoms with Crippen molar-refractivity contribution < 1.29 is 0 Å². The van der Waals surface area contributed by atoms with E-state index in [4.69, 9.17) is 0 Å². The van der Waals surface area contributed by atoms with Gasteiger partial charge >= 0.3 is 0 Å². The monoisotopic (exact) mass is 200 g/mol. The van der Waals surface area contributed by atoms with Gasteiger partial charge in [0.25, 0.3) is 0 Å². The molecule has 2 aliphatic heterocycles. The van der Waals surface area contributed by atoms with Gasteiger partial charge in [0.05, 0.1) is 0 Å². The van der Waals surface area contributed by atoms with E-state index in [1.165, 1.54) is 16.7 Å². The lowest BCUT2D eigenvalue weighted by molar-refractivity contribution is 0.663. The van der Waals surface area contributed by atoms with Gasteiger partial charge in [0.2, 0.25) is 0 Å². The van der Waals surface area contributed by atoms with Crippen LogP contribution in [0.1, 0.15) is 12.8 Å². The molecule has 2 aliphatic rings. The van der Waals surface area contributed by atoms with Crippen molar-refractivity contribution in [3.8, 4) is 0 Å². The van der Waals surface area contributed by atoms with E-state index in [2.05, 4.69) is 26.2 Å². The molecule has 0 amide bonds. The average Bonchev–Trinajstić information content (AvgIpc) is 2.33. The van der Waals surface area contributed by atoms with Gasteiger partial charge < -0.3 is 5.32 Å². The molecule has 0 aromatic carbocycles. The van der Waals surface area contributed by atoms with Crippen LogP contribution in [-0.2, 0) is 0 Å². The fourth-order valence-corrected chi connectivity index (χ4v) is 1.92. The van der Waals surface area contributed by atoms with Crippen molar-refractivity contribution in [2.24, 2.45) is 10.9 Å². The predicted octanol–water partition coefficient (Wildman–Crippen LogP) is 1.63. The maximum atomic E-state index is 4.33. The van der Waals surface area contributed by atoms with E-state index >= 15 is 0 Å². The van der Waals surface area contributed by atoms with Crippen LogP contribution in [0.25, 0.3) is 0 Å². The van der Waals surface area contributed by atoms with Crippen LogP contribution in [0.3, 0.4) is 0 Å². The first-order chi connectivity index (χ1) is 4.86. The van der Waals surface area contributed by atoms with E-state index < -0.39 is 0 Å². The van der Waals surface area contributed by atoms with Crippen molar-refractivity contribution in [2.45, 2.75) is 12.8 Å². The van der Waals surface area contributed by atoms with Gasteiger partial charge in [-0.15, -0.1) is 0 Å². The van der Waals surface area contributed by atoms with Crippen LogP contribution in [0, 0.1) is 5.92 Å². The molecule has 2 heterocycles. The summed E-state index contributed by atoms with van der Waals surface area (Å²) < 4.78 is 1.26. The Hall–Kier alpha value is -0.310. The summed E-state index contributed by atoms with van der Waals surface area (Å²) in [6, 6.07) is 0. The van der Waals surface area contributed by atoms with Crippen LogP contribution in [0.2, 0.25) is 0 Å². The van der Waals surface area contributed by atoms with Crippen molar-refractivity contribution in [1.29, 1.82) is 0 Å². The highest BCUT2D eigenvalue weighted by atomic mass is 79.9. The number of hydrogen-bond acceptors (Lipinski definition) is 2. The summed E-state index contributed by atoms with van der Waals surface area (Å²) in [7, 11) is 0. The van der Waals surface area contributed by atoms with E-state index in [9.17, 15) is 0 Å². The molecule has 0 saturated carbocycles. The van der Waals surface area contributed by atoms with Crippen LogP contribution < -0.4 is 5.32 Å². The van der Waals surface area contributed by atoms with Gasteiger partial charge in [0.1, 0.15) is 5.84 Å². The maximum Gasteiger partial charge on any atom is 0.104 e. The summed E-state index contributed by atoms with van der Waals surface area (Å²) in [6.45, 7) is 1.00. The molecule has 0 aliphatic carbocycles. The van der Waals surface area contributed by atoms with E-state index in [1.54, 1.807) is 0 Å². The SMILES string of the molecule is BrC1=CNC2=NCCC2C1. The first-order valence-electron chi connectivity index (χ1n) is 3.51. The highest BCUT2D eigenvalue weighted by Crippen LogP contribution is 2.26. The summed E-state index contributed by atoms with van der Waals surface area (Å²) >= 11 is 3.47. The van der Waals surface area contributed by atoms with Gasteiger partial charge in [-0.3, -0.25) is 4.99 Å². The minimum absolute atomic E-state index is 0.666. The first kappa shape index (κ1) is 6.40. The quantitative estimate of drug-likeness (QED) is 0.632. The summed E-state index contributed by atoms with van der Waals surface area (Å²) in [5.41, 5.74) is 0. The Bertz CT molecular complexity index is 208. The lowest BCUT2D eigenvalue weighted by atomic mass is 10.0. The molecule has 0 spiro atoms. The number of nitrogens with zero attached hydrogens (tertiary/aromatic N) is 1. The van der Waals surface area contributed by atoms with E-state index in [0.717, 1.165) is 13.0 Å². The van der Waals surface area contributed by atoms with Gasteiger partial charge in [-0.05, 0) is 12.8 Å². The highest BCUT2D eigenvalue weighted by molar-refractivity contribution is 9.11. The second kappa shape index (κ2) is 2.38. The predicted molar refractivity (Wildman–Crippen MR) is 45.2 cm³/mol. The third-order valence-electron chi connectivity index (χ3n) is 1.96. The molecule has 1 unspecified atom stereocenters. The third-order valence-corrected chi connectivity index (χ3v) is 2.52. The topological polar surface area (TPSA) is 24.4 Å². The number of nitrogens with one attached hydrogen (secondary N) is 1. The summed E-state index contributed by atoms with van der Waals surface area (Å²) in [5, 5.41) is 3.17. The molecule has 1 atom stereocenters. The van der Waals surface area contributed by atoms with Gasteiger partial charge in [-0.2, -0.15) is 0 Å². The van der Waals surface area contributed by atoms with E-state index in [0.29, 0.717) is 5.92 Å². The van der Waals surface area contributed by atoms with Crippen LogP contribution in [-0.4, -0.2) is 12.4 Å². The van der Waals surface area contributed by atoms with E-state index in [1.807, 2.05) is 6.20 Å². The second-order valence-corrected chi connectivity index (χ2v) is 3.71. The van der Waals surface area contributed by atoms with Gasteiger partial charge in [-0.25, -0.2) is 0 Å². The van der Waals surface area contributed by atoms with Crippen LogP contribution >= 0.6 is 15.9 Å². The van der Waals surface area contributed by atoms with Gasteiger partial charge in [0, 0.05) is 23.1 Å². The number of fused-ring (bicyclic) bond motifs is 1. The second-order valence-electron chi connectivity index (χ2n) is 2.69. The Morgan fingerprint density at radius 1 is 1.70 bits per heavy atom. The largest absolute Gasteiger partial charge is 0.349 e. The summed E-state index contributed by atoms with van der Waals surface area (Å²) in [4.78, 5) is 4.33. The Labute approximate surface area is 68.5 Å². The fraction of sp³-hybridized carbons (Fsp3) is 0.571. The molecule has 2 nitrogen and oxygen atoms in total. The molecule has 0 fully saturated rings. The normalized spacial score (nSPS) is 30.3. The lowest BCUT2D eigenvalue weighted by Crippen LogP contribution is -2.27. The molecule has 0 radical (unpaired) electrons. The summed E-state index contributed by atoms with van der Waals surface area (Å²) in [5.74, 6) is 1.85. The highest BCUT2D eigenvalue weighted by Gasteiger charge is 2.23. The maximum absolute atomic E-state index is 4.33. The standard InChI is InChI=1S/C7H9BrN2/c8-6-3-5-1-2-9-7(5)10-4-6/h4-5H,1-3H2,(H,9,10). The molecular formula is C7H9BrN2. The molecule has 3 heteroatoms. The number of hydrogen-bond donors (Lipinski definition) is 1. The molecule has 2 rings (SSSR count). The van der Waals surface area contributed by atoms with Crippen molar-refractivity contribution in [3.63, 3.8) is 0 Å². The Morgan fingerprint density at radius 3 is 3.50 bits per heavy atom. The lowest BCUT2D eigenvalue weighted by Gasteiger charge is -2.17. The Morgan fingerprint density at radius 2 is 2.60 bits per heavy atom. The molecule has 1 N–H and O–H groups in total. The van der Waals surface area contributed by atoms with Gasteiger partial charge in [0.15, 0.2) is 0 Å². The average molecular weight is 201 g/mol. The molecule has 0 bridgehead atoms. The number of aliphatic imine (C=N–C) groups is 1. The molecule has 0 saturated heterocycles. The molecule has 0 aromatic rings. The zero-order chi connectivity index (χ0) is 6.97. The number of halogens is 1. The molecule has 54 valence electrons. The number of allylic oxidation sites excluding steroid dienone is 1. The molecular weight excluding hydrogens is 192 g/mol. The van der Waals surface area contributed by atoms with Gasteiger partial charge in [-0.1, -0.05) is 15.9 Å². The van der Waals surface area contributed by atoms with E-state index in [-0.39, 0.29) is 0 Å². The fourth-order valence-electron chi connectivity index (χ4n) is 1.42. The van der Waals surface area contributed by atoms with Crippen molar-refractivity contribution in [1.82, 2.24) is 5.32 Å². The van der Waals surface area contributed by atoms with Crippen molar-refractivity contribution >= 4 is 21.8 Å². The smallest absolute Gasteiger partial charge is 0.104 e. The van der Waals surface area contributed by atoms with Crippen LogP contribution in [0.5, 0.6) is 0 Å². The number of rotatable bonds is 0. The Balaban J connectivity index is 2.19. The minimum Gasteiger partial charge on any atom is -0.349 e. The van der Waals surface area contributed by atoms with Crippen LogP contribution in [0.15, 0.2) is 15.7 Å². The minimum atomic E-state index is 0.666. The molecule has 10 heavy (non-hydrogen) atoms. The first-order valence-corrected chi connectivity index (χ1v) is 4.31. The zero-order valence-corrected chi connectivity index (χ0v) is 7.19.